The summed E-state index contributed by atoms with van der Waals surface area (Å²) in [4.78, 5) is 25.3. The van der Waals surface area contributed by atoms with E-state index in [9.17, 15) is 14.3 Å². The van der Waals surface area contributed by atoms with Gasteiger partial charge >= 0.3 is 6.09 Å². The summed E-state index contributed by atoms with van der Waals surface area (Å²) in [5, 5.41) is 15.2. The topological polar surface area (TPSA) is 95.8 Å². The standard InChI is InChI=1S/C25H31FN6O3/c1-15(2)32-13-19-20(22(32)33)27-23(30-9-10-31-18(12-30)14-35-24(31)34)28-21(19)29-25(3,4)11-16-5-7-17(26)8-6-16/h5-8,13,15,18,33H,9-12,14H2,1-4H3,(H,27,28,29)/t18-/m1/s1. The van der Waals surface area contributed by atoms with Gasteiger partial charge in [-0.2, -0.15) is 4.98 Å². The van der Waals surface area contributed by atoms with E-state index in [0.717, 1.165) is 10.9 Å². The summed E-state index contributed by atoms with van der Waals surface area (Å²) >= 11 is 0. The molecule has 2 saturated heterocycles. The molecule has 9 nitrogen and oxygen atoms in total. The second-order valence-corrected chi connectivity index (χ2v) is 10.3. The highest BCUT2D eigenvalue weighted by Crippen LogP contribution is 2.36. The lowest BCUT2D eigenvalue weighted by atomic mass is 9.95. The van der Waals surface area contributed by atoms with Crippen LogP contribution in [0.15, 0.2) is 30.5 Å². The first kappa shape index (κ1) is 23.2. The average Bonchev–Trinajstić information content (AvgIpc) is 3.35. The highest BCUT2D eigenvalue weighted by atomic mass is 19.1. The molecule has 1 atom stereocenters. The first-order valence-electron chi connectivity index (χ1n) is 11.9. The number of carbonyl (C=O) groups excluding carboxylic acids is 1. The molecule has 1 amide bonds. The molecule has 2 aliphatic rings. The Balaban J connectivity index is 1.50. The number of piperazine rings is 1. The van der Waals surface area contributed by atoms with Crippen molar-refractivity contribution in [1.29, 1.82) is 0 Å². The molecule has 0 radical (unpaired) electrons. The third kappa shape index (κ3) is 4.44. The minimum Gasteiger partial charge on any atom is -0.493 e. The Morgan fingerprint density at radius 2 is 1.97 bits per heavy atom. The van der Waals surface area contributed by atoms with Crippen molar-refractivity contribution in [3.05, 3.63) is 41.8 Å². The van der Waals surface area contributed by atoms with Crippen LogP contribution in [0.25, 0.3) is 10.9 Å². The molecule has 1 aromatic carbocycles. The predicted octanol–water partition coefficient (Wildman–Crippen LogP) is 3.93. The molecule has 2 N–H and O–H groups in total. The Morgan fingerprint density at radius 1 is 1.23 bits per heavy atom. The fourth-order valence-corrected chi connectivity index (χ4v) is 4.85. The molecule has 0 aliphatic carbocycles. The first-order valence-corrected chi connectivity index (χ1v) is 11.9. The van der Waals surface area contributed by atoms with Gasteiger partial charge in [0.05, 0.1) is 11.4 Å². The summed E-state index contributed by atoms with van der Waals surface area (Å²) < 4.78 is 20.4. The SMILES string of the molecule is CC(C)n1cc2c(NC(C)(C)Cc3ccc(F)cc3)nc(N3CCN4C(=O)OC[C@H]4C3)nc2c1O. The maximum absolute atomic E-state index is 13.4. The number of nitrogens with one attached hydrogen (secondary N) is 1. The van der Waals surface area contributed by atoms with Crippen LogP contribution >= 0.6 is 0 Å². The number of aromatic hydroxyl groups is 1. The molecule has 2 aromatic heterocycles. The lowest BCUT2D eigenvalue weighted by Gasteiger charge is -2.35. The quantitative estimate of drug-likeness (QED) is 0.550. The number of aromatic nitrogens is 3. The van der Waals surface area contributed by atoms with Crippen LogP contribution < -0.4 is 10.2 Å². The number of amides is 1. The fourth-order valence-electron chi connectivity index (χ4n) is 4.85. The van der Waals surface area contributed by atoms with E-state index in [0.29, 0.717) is 49.9 Å². The van der Waals surface area contributed by atoms with E-state index in [1.165, 1.54) is 12.1 Å². The van der Waals surface area contributed by atoms with Gasteiger partial charge in [-0.25, -0.2) is 14.2 Å². The van der Waals surface area contributed by atoms with Gasteiger partial charge < -0.3 is 24.6 Å². The van der Waals surface area contributed by atoms with Crippen molar-refractivity contribution in [1.82, 2.24) is 19.4 Å². The van der Waals surface area contributed by atoms with Gasteiger partial charge in [0.2, 0.25) is 11.8 Å². The second-order valence-electron chi connectivity index (χ2n) is 10.3. The zero-order valence-electron chi connectivity index (χ0n) is 20.5. The van der Waals surface area contributed by atoms with Crippen LogP contribution in [0, 0.1) is 5.82 Å². The Morgan fingerprint density at radius 3 is 2.69 bits per heavy atom. The summed E-state index contributed by atoms with van der Waals surface area (Å²) in [6, 6.07) is 6.49. The molecule has 0 saturated carbocycles. The van der Waals surface area contributed by atoms with Crippen molar-refractivity contribution >= 4 is 28.8 Å². The number of nitrogens with zero attached hydrogens (tertiary/aromatic N) is 5. The van der Waals surface area contributed by atoms with Crippen LogP contribution in [0.1, 0.15) is 39.3 Å². The maximum Gasteiger partial charge on any atom is 0.410 e. The monoisotopic (exact) mass is 482 g/mol. The molecule has 5 rings (SSSR count). The van der Waals surface area contributed by atoms with E-state index < -0.39 is 5.54 Å². The first-order chi connectivity index (χ1) is 16.6. The van der Waals surface area contributed by atoms with Gasteiger partial charge in [0, 0.05) is 37.4 Å². The summed E-state index contributed by atoms with van der Waals surface area (Å²) in [7, 11) is 0. The highest BCUT2D eigenvalue weighted by molar-refractivity contribution is 5.94. The molecule has 35 heavy (non-hydrogen) atoms. The molecule has 186 valence electrons. The molecule has 4 heterocycles. The summed E-state index contributed by atoms with van der Waals surface area (Å²) in [6.45, 7) is 10.1. The molecular formula is C25H31FN6O3. The predicted molar refractivity (Wildman–Crippen MR) is 131 cm³/mol. The lowest BCUT2D eigenvalue weighted by Crippen LogP contribution is -2.52. The maximum atomic E-state index is 13.4. The van der Waals surface area contributed by atoms with Gasteiger partial charge in [-0.05, 0) is 51.8 Å². The third-order valence-electron chi connectivity index (χ3n) is 6.63. The summed E-state index contributed by atoms with van der Waals surface area (Å²) in [5.41, 5.74) is 1.06. The van der Waals surface area contributed by atoms with Crippen molar-refractivity contribution in [3.63, 3.8) is 0 Å². The highest BCUT2D eigenvalue weighted by Gasteiger charge is 2.38. The number of hydrogen-bond acceptors (Lipinski definition) is 7. The van der Waals surface area contributed by atoms with Crippen LogP contribution in [-0.2, 0) is 11.2 Å². The number of carbonyl (C=O) groups is 1. The average molecular weight is 483 g/mol. The zero-order valence-corrected chi connectivity index (χ0v) is 20.5. The van der Waals surface area contributed by atoms with Crippen molar-refractivity contribution in [3.8, 4) is 5.88 Å². The van der Waals surface area contributed by atoms with E-state index in [1.54, 1.807) is 21.6 Å². The lowest BCUT2D eigenvalue weighted by molar-refractivity contribution is 0.157. The zero-order chi connectivity index (χ0) is 24.9. The number of anilines is 2. The number of halogens is 1. The molecule has 0 bridgehead atoms. The van der Waals surface area contributed by atoms with Gasteiger partial charge in [-0.15, -0.1) is 0 Å². The normalized spacial score (nSPS) is 18.3. The van der Waals surface area contributed by atoms with Crippen molar-refractivity contribution in [2.75, 3.05) is 36.5 Å². The van der Waals surface area contributed by atoms with E-state index in [4.69, 9.17) is 14.7 Å². The van der Waals surface area contributed by atoms with Crippen molar-refractivity contribution < 1.29 is 19.0 Å². The number of ether oxygens (including phenoxy) is 1. The number of cyclic esters (lactones) is 1. The van der Waals surface area contributed by atoms with E-state index in [2.05, 4.69) is 19.2 Å². The molecule has 3 aromatic rings. The van der Waals surface area contributed by atoms with Gasteiger partial charge in [0.15, 0.2) is 0 Å². The molecular weight excluding hydrogens is 451 g/mol. The van der Waals surface area contributed by atoms with Crippen molar-refractivity contribution in [2.24, 2.45) is 0 Å². The number of fused-ring (bicyclic) bond motifs is 2. The Bertz CT molecular complexity index is 1260. The molecule has 10 heteroatoms. The Labute approximate surface area is 203 Å². The smallest absolute Gasteiger partial charge is 0.410 e. The van der Waals surface area contributed by atoms with E-state index >= 15 is 0 Å². The largest absolute Gasteiger partial charge is 0.493 e. The van der Waals surface area contributed by atoms with Crippen LogP contribution in [0.5, 0.6) is 5.88 Å². The Hall–Kier alpha value is -3.56. The van der Waals surface area contributed by atoms with E-state index in [1.807, 2.05) is 24.9 Å². The number of benzene rings is 1. The number of rotatable bonds is 6. The Kier molecular flexibility index (Phi) is 5.69. The van der Waals surface area contributed by atoms with Gasteiger partial charge in [0.25, 0.3) is 0 Å². The van der Waals surface area contributed by atoms with Gasteiger partial charge in [0.1, 0.15) is 23.8 Å². The molecule has 2 aliphatic heterocycles. The molecule has 0 spiro atoms. The van der Waals surface area contributed by atoms with Crippen LogP contribution in [0.2, 0.25) is 0 Å². The fraction of sp³-hybridized carbons (Fsp3) is 0.480. The second kappa shape index (κ2) is 8.58. The van der Waals surface area contributed by atoms with Crippen LogP contribution in [0.4, 0.5) is 21.0 Å². The van der Waals surface area contributed by atoms with Crippen molar-refractivity contribution in [2.45, 2.75) is 51.7 Å². The van der Waals surface area contributed by atoms with Crippen LogP contribution in [-0.4, -0.2) is 68.5 Å². The van der Waals surface area contributed by atoms with Gasteiger partial charge in [-0.3, -0.25) is 4.90 Å². The third-order valence-corrected chi connectivity index (χ3v) is 6.63. The van der Waals surface area contributed by atoms with Crippen LogP contribution in [0.3, 0.4) is 0 Å². The minimum atomic E-state index is -0.420. The summed E-state index contributed by atoms with van der Waals surface area (Å²) in [6.07, 6.45) is 2.24. The number of hydrogen-bond donors (Lipinski definition) is 2. The minimum absolute atomic E-state index is 0.0397. The van der Waals surface area contributed by atoms with Gasteiger partial charge in [-0.1, -0.05) is 12.1 Å². The summed E-state index contributed by atoms with van der Waals surface area (Å²) in [5.74, 6) is 0.944. The van der Waals surface area contributed by atoms with E-state index in [-0.39, 0.29) is 29.9 Å². The molecule has 2 fully saturated rings. The molecule has 0 unspecified atom stereocenters.